The van der Waals surface area contributed by atoms with Crippen LogP contribution in [0.4, 0.5) is 17.1 Å². The summed E-state index contributed by atoms with van der Waals surface area (Å²) in [4.78, 5) is 45.0. The van der Waals surface area contributed by atoms with E-state index in [2.05, 4.69) is 5.32 Å². The summed E-state index contributed by atoms with van der Waals surface area (Å²) in [6.45, 7) is 1.14. The molecule has 0 radical (unpaired) electrons. The Morgan fingerprint density at radius 2 is 1.89 bits per heavy atom. The number of nitrogens with zero attached hydrogens (tertiary/aromatic N) is 3. The zero-order valence-corrected chi connectivity index (χ0v) is 13.9. The molecular formula is C16H12N4O7. The van der Waals surface area contributed by atoms with Crippen molar-refractivity contribution in [2.75, 3.05) is 5.32 Å². The maximum atomic E-state index is 12.3. The molecule has 0 atom stereocenters. The molecule has 1 aromatic heterocycles. The number of aromatic nitrogens is 1. The average molecular weight is 372 g/mol. The van der Waals surface area contributed by atoms with E-state index in [0.29, 0.717) is 5.56 Å². The van der Waals surface area contributed by atoms with Crippen molar-refractivity contribution >= 4 is 34.1 Å². The topological polar surface area (TPSA) is 151 Å². The van der Waals surface area contributed by atoms with Crippen molar-refractivity contribution < 1.29 is 19.1 Å². The largest absolute Gasteiger partial charge is 0.420 e. The molecule has 3 rings (SSSR count). The highest BCUT2D eigenvalue weighted by Crippen LogP contribution is 2.25. The Bertz CT molecular complexity index is 1150. The summed E-state index contributed by atoms with van der Waals surface area (Å²) in [6.07, 6.45) is 0. The van der Waals surface area contributed by atoms with E-state index < -0.39 is 28.1 Å². The van der Waals surface area contributed by atoms with E-state index >= 15 is 0 Å². The number of carbonyl (C=O) groups is 1. The molecule has 3 aromatic rings. The monoisotopic (exact) mass is 372 g/mol. The van der Waals surface area contributed by atoms with Gasteiger partial charge in [-0.2, -0.15) is 0 Å². The molecule has 11 heteroatoms. The van der Waals surface area contributed by atoms with Crippen LogP contribution in [0.3, 0.4) is 0 Å². The molecule has 0 saturated carbocycles. The lowest BCUT2D eigenvalue weighted by Crippen LogP contribution is -2.25. The van der Waals surface area contributed by atoms with E-state index in [0.717, 1.165) is 10.6 Å². The van der Waals surface area contributed by atoms with Crippen molar-refractivity contribution in [3.8, 4) is 0 Å². The number of oxazole rings is 1. The Morgan fingerprint density at radius 3 is 2.56 bits per heavy atom. The molecule has 0 bridgehead atoms. The Kier molecular flexibility index (Phi) is 4.42. The number of hydrogen-bond acceptors (Lipinski definition) is 7. The van der Waals surface area contributed by atoms with Crippen LogP contribution < -0.4 is 11.1 Å². The molecule has 11 nitrogen and oxygen atoms in total. The third-order valence-electron chi connectivity index (χ3n) is 3.79. The van der Waals surface area contributed by atoms with Crippen LogP contribution in [0.1, 0.15) is 5.56 Å². The Balaban J connectivity index is 1.92. The zero-order chi connectivity index (χ0) is 19.7. The normalized spacial score (nSPS) is 10.7. The van der Waals surface area contributed by atoms with Gasteiger partial charge in [-0.05, 0) is 24.6 Å². The first kappa shape index (κ1) is 17.8. The minimum absolute atomic E-state index is 0.0255. The molecule has 0 aliphatic carbocycles. The van der Waals surface area contributed by atoms with Crippen molar-refractivity contribution in [2.24, 2.45) is 0 Å². The number of nitro groups is 2. The fourth-order valence-electron chi connectivity index (χ4n) is 2.55. The molecule has 0 spiro atoms. The second-order valence-electron chi connectivity index (χ2n) is 5.69. The fraction of sp³-hybridized carbons (Fsp3) is 0.125. The van der Waals surface area contributed by atoms with Gasteiger partial charge in [-0.15, -0.1) is 0 Å². The second kappa shape index (κ2) is 6.71. The number of non-ortho nitro benzene ring substituents is 1. The molecule has 0 unspecified atom stereocenters. The van der Waals surface area contributed by atoms with Gasteiger partial charge in [-0.3, -0.25) is 29.6 Å². The number of nitro benzene ring substituents is 2. The smallest absolute Gasteiger partial charge is 0.408 e. The van der Waals surface area contributed by atoms with Gasteiger partial charge in [-0.1, -0.05) is 6.07 Å². The van der Waals surface area contributed by atoms with Crippen molar-refractivity contribution in [1.29, 1.82) is 0 Å². The van der Waals surface area contributed by atoms with E-state index in [-0.39, 0.29) is 28.2 Å². The van der Waals surface area contributed by atoms with Crippen LogP contribution in [0.2, 0.25) is 0 Å². The number of hydrogen-bond donors (Lipinski definition) is 1. The number of benzene rings is 2. The summed E-state index contributed by atoms with van der Waals surface area (Å²) in [5.74, 6) is -1.60. The lowest BCUT2D eigenvalue weighted by Gasteiger charge is -2.07. The maximum Gasteiger partial charge on any atom is 0.420 e. The molecule has 0 fully saturated rings. The molecule has 1 N–H and O–H groups in total. The van der Waals surface area contributed by atoms with Crippen molar-refractivity contribution in [3.05, 3.63) is 72.7 Å². The van der Waals surface area contributed by atoms with E-state index in [1.165, 1.54) is 24.3 Å². The van der Waals surface area contributed by atoms with E-state index in [1.54, 1.807) is 13.0 Å². The highest BCUT2D eigenvalue weighted by atomic mass is 16.6. The van der Waals surface area contributed by atoms with E-state index in [4.69, 9.17) is 4.42 Å². The van der Waals surface area contributed by atoms with E-state index in [1.807, 2.05) is 0 Å². The minimum Gasteiger partial charge on any atom is -0.408 e. The van der Waals surface area contributed by atoms with Crippen LogP contribution in [-0.2, 0) is 11.3 Å². The summed E-state index contributed by atoms with van der Waals surface area (Å²) < 4.78 is 5.87. The first-order valence-corrected chi connectivity index (χ1v) is 7.59. The number of rotatable bonds is 5. The second-order valence-corrected chi connectivity index (χ2v) is 5.69. The Labute approximate surface area is 150 Å². The fourth-order valence-corrected chi connectivity index (χ4v) is 2.55. The van der Waals surface area contributed by atoms with Gasteiger partial charge in [0.25, 0.3) is 11.4 Å². The number of anilines is 1. The summed E-state index contributed by atoms with van der Waals surface area (Å²) >= 11 is 0. The average Bonchev–Trinajstić information content (AvgIpc) is 2.91. The minimum atomic E-state index is -0.876. The van der Waals surface area contributed by atoms with Crippen molar-refractivity contribution in [3.63, 3.8) is 0 Å². The molecule has 1 amide bonds. The molecule has 138 valence electrons. The number of aryl methyl sites for hydroxylation is 1. The third-order valence-corrected chi connectivity index (χ3v) is 3.79. The molecule has 1 heterocycles. The highest BCUT2D eigenvalue weighted by Gasteiger charge is 2.19. The van der Waals surface area contributed by atoms with E-state index in [9.17, 15) is 29.8 Å². The predicted octanol–water partition coefficient (Wildman–Crippen LogP) is 2.36. The van der Waals surface area contributed by atoms with Crippen LogP contribution in [0.25, 0.3) is 11.1 Å². The summed E-state index contributed by atoms with van der Waals surface area (Å²) in [5, 5.41) is 24.4. The van der Waals surface area contributed by atoms with Gasteiger partial charge >= 0.3 is 5.76 Å². The molecular weight excluding hydrogens is 360 g/mol. The van der Waals surface area contributed by atoms with Gasteiger partial charge in [-0.25, -0.2) is 4.79 Å². The molecule has 27 heavy (non-hydrogen) atoms. The first-order valence-electron chi connectivity index (χ1n) is 7.59. The van der Waals surface area contributed by atoms with Crippen molar-refractivity contribution in [2.45, 2.75) is 13.5 Å². The number of amides is 1. The van der Waals surface area contributed by atoms with Gasteiger partial charge < -0.3 is 9.73 Å². The van der Waals surface area contributed by atoms with Crippen LogP contribution in [-0.4, -0.2) is 20.3 Å². The summed E-state index contributed by atoms with van der Waals surface area (Å²) in [6, 6.07) is 7.82. The predicted molar refractivity (Wildman–Crippen MR) is 93.6 cm³/mol. The number of carbonyl (C=O) groups excluding carboxylic acids is 1. The Hall–Kier alpha value is -4.02. The van der Waals surface area contributed by atoms with Gasteiger partial charge in [0.2, 0.25) is 5.91 Å². The SMILES string of the molecule is Cc1ccc(NC(=O)Cn2c(=O)oc3ccc([N+](=O)[O-])cc32)c([N+](=O)[O-])c1. The number of fused-ring (bicyclic) bond motifs is 1. The summed E-state index contributed by atoms with van der Waals surface area (Å²) in [7, 11) is 0. The quantitative estimate of drug-likeness (QED) is 0.533. The van der Waals surface area contributed by atoms with Crippen molar-refractivity contribution in [1.82, 2.24) is 4.57 Å². The standard InChI is InChI=1S/C16H12N4O7/c1-9-2-4-11(12(6-9)20(25)26)17-15(21)8-18-13-7-10(19(23)24)3-5-14(13)27-16(18)22/h2-7H,8H2,1H3,(H,17,21). The molecule has 0 aliphatic rings. The van der Waals surface area contributed by atoms with Crippen LogP contribution in [0.5, 0.6) is 0 Å². The van der Waals surface area contributed by atoms with Gasteiger partial charge in [0.05, 0.1) is 15.4 Å². The number of nitrogens with one attached hydrogen (secondary N) is 1. The third kappa shape index (κ3) is 3.51. The van der Waals surface area contributed by atoms with Gasteiger partial charge in [0.15, 0.2) is 5.58 Å². The van der Waals surface area contributed by atoms with Gasteiger partial charge in [0, 0.05) is 18.2 Å². The maximum absolute atomic E-state index is 12.3. The van der Waals surface area contributed by atoms with Crippen LogP contribution in [0.15, 0.2) is 45.6 Å². The molecule has 2 aromatic carbocycles. The summed E-state index contributed by atoms with van der Waals surface area (Å²) in [5.41, 5.74) is 0.212. The molecule has 0 saturated heterocycles. The lowest BCUT2D eigenvalue weighted by molar-refractivity contribution is -0.384. The van der Waals surface area contributed by atoms with Crippen LogP contribution >= 0.6 is 0 Å². The highest BCUT2D eigenvalue weighted by molar-refractivity contribution is 5.93. The molecule has 0 aliphatic heterocycles. The van der Waals surface area contributed by atoms with Gasteiger partial charge in [0.1, 0.15) is 12.2 Å². The van der Waals surface area contributed by atoms with Crippen LogP contribution in [0, 0.1) is 27.2 Å². The Morgan fingerprint density at radius 1 is 1.15 bits per heavy atom. The zero-order valence-electron chi connectivity index (χ0n) is 13.9. The first-order chi connectivity index (χ1) is 12.8. The lowest BCUT2D eigenvalue weighted by atomic mass is 10.2.